The molecule has 3 aromatic rings. The first-order valence-corrected chi connectivity index (χ1v) is 10.4. The van der Waals surface area contributed by atoms with E-state index in [1.54, 1.807) is 57.7 Å². The van der Waals surface area contributed by atoms with Gasteiger partial charge in [0.05, 0.1) is 34.1 Å². The Morgan fingerprint density at radius 1 is 0.765 bits per heavy atom. The highest BCUT2D eigenvalue weighted by molar-refractivity contribution is 6.03. The first kappa shape index (κ1) is 24.3. The summed E-state index contributed by atoms with van der Waals surface area (Å²) in [5.41, 5.74) is 2.81. The second kappa shape index (κ2) is 11.5. The number of nitrogens with one attached hydrogen (secondary N) is 1. The molecule has 2 N–H and O–H groups in total. The standard InChI is InChI=1S/C27H27NO6/c1-31-23-15-18(9-10-19-16-24(32-2)27(34-4)25(17-19)33-3)11-13-21(23)28-26(30)14-12-20-7-5-6-8-22(20)29/h5-17,29H,1-4H3,(H,28,30)/b10-9+,14-12+. The molecular weight excluding hydrogens is 434 g/mol. The van der Waals surface area contributed by atoms with E-state index in [-0.39, 0.29) is 11.7 Å². The summed E-state index contributed by atoms with van der Waals surface area (Å²) >= 11 is 0. The maximum absolute atomic E-state index is 12.4. The number of anilines is 1. The number of carbonyl (C=O) groups excluding carboxylic acids is 1. The second-order valence-electron chi connectivity index (χ2n) is 7.13. The Morgan fingerprint density at radius 3 is 2.00 bits per heavy atom. The van der Waals surface area contributed by atoms with Crippen molar-refractivity contribution in [2.75, 3.05) is 33.8 Å². The molecule has 0 aliphatic carbocycles. The van der Waals surface area contributed by atoms with Gasteiger partial charge in [-0.2, -0.15) is 0 Å². The lowest BCUT2D eigenvalue weighted by Gasteiger charge is -2.13. The van der Waals surface area contributed by atoms with Gasteiger partial charge in [0.25, 0.3) is 0 Å². The fourth-order valence-corrected chi connectivity index (χ4v) is 3.27. The minimum Gasteiger partial charge on any atom is -0.507 e. The number of ether oxygens (including phenoxy) is 4. The van der Waals surface area contributed by atoms with Crippen LogP contribution in [0.25, 0.3) is 18.2 Å². The number of phenols is 1. The van der Waals surface area contributed by atoms with Crippen molar-refractivity contribution in [2.45, 2.75) is 0 Å². The molecule has 0 aromatic heterocycles. The third-order valence-corrected chi connectivity index (χ3v) is 4.99. The van der Waals surface area contributed by atoms with E-state index < -0.39 is 0 Å². The molecule has 3 aromatic carbocycles. The molecule has 0 bridgehead atoms. The van der Waals surface area contributed by atoms with E-state index in [1.165, 1.54) is 13.2 Å². The van der Waals surface area contributed by atoms with E-state index >= 15 is 0 Å². The number of hydrogen-bond acceptors (Lipinski definition) is 6. The van der Waals surface area contributed by atoms with Gasteiger partial charge in [-0.05, 0) is 47.5 Å². The third-order valence-electron chi connectivity index (χ3n) is 4.99. The molecule has 7 heteroatoms. The van der Waals surface area contributed by atoms with Crippen LogP contribution in [0.5, 0.6) is 28.7 Å². The van der Waals surface area contributed by atoms with Gasteiger partial charge in [-0.25, -0.2) is 0 Å². The number of phenolic OH excluding ortho intramolecular Hbond substituents is 1. The van der Waals surface area contributed by atoms with Crippen molar-refractivity contribution in [3.8, 4) is 28.7 Å². The maximum atomic E-state index is 12.4. The van der Waals surface area contributed by atoms with Crippen molar-refractivity contribution in [3.05, 3.63) is 77.4 Å². The van der Waals surface area contributed by atoms with Crippen molar-refractivity contribution in [1.29, 1.82) is 0 Å². The van der Waals surface area contributed by atoms with Crippen LogP contribution < -0.4 is 24.3 Å². The van der Waals surface area contributed by atoms with Crippen molar-refractivity contribution in [2.24, 2.45) is 0 Å². The van der Waals surface area contributed by atoms with Crippen LogP contribution in [0.3, 0.4) is 0 Å². The molecule has 0 radical (unpaired) electrons. The molecule has 3 rings (SSSR count). The number of rotatable bonds is 9. The van der Waals surface area contributed by atoms with Crippen LogP contribution in [0.15, 0.2) is 60.7 Å². The molecular formula is C27H27NO6. The SMILES string of the molecule is COc1cc(/C=C/c2cc(OC)c(OC)c(OC)c2)ccc1NC(=O)/C=C/c1ccccc1O. The first-order chi connectivity index (χ1) is 16.5. The van der Waals surface area contributed by atoms with E-state index in [2.05, 4.69) is 5.32 Å². The molecule has 0 aliphatic rings. The Bertz CT molecular complexity index is 1190. The zero-order valence-corrected chi connectivity index (χ0v) is 19.5. The van der Waals surface area contributed by atoms with Gasteiger partial charge in [-0.15, -0.1) is 0 Å². The summed E-state index contributed by atoms with van der Waals surface area (Å²) in [7, 11) is 6.24. The molecule has 7 nitrogen and oxygen atoms in total. The van der Waals surface area contributed by atoms with Crippen LogP contribution in [-0.2, 0) is 4.79 Å². The molecule has 0 unspecified atom stereocenters. The lowest BCUT2D eigenvalue weighted by molar-refractivity contribution is -0.111. The lowest BCUT2D eigenvalue weighted by atomic mass is 10.1. The predicted molar refractivity (Wildman–Crippen MR) is 134 cm³/mol. The maximum Gasteiger partial charge on any atom is 0.248 e. The minimum atomic E-state index is -0.345. The number of aromatic hydroxyl groups is 1. The van der Waals surface area contributed by atoms with Gasteiger partial charge < -0.3 is 29.4 Å². The molecule has 0 atom stereocenters. The fraction of sp³-hybridized carbons (Fsp3) is 0.148. The molecule has 0 fully saturated rings. The van der Waals surface area contributed by atoms with E-state index in [4.69, 9.17) is 18.9 Å². The summed E-state index contributed by atoms with van der Waals surface area (Å²) in [6, 6.07) is 15.9. The Labute approximate surface area is 198 Å². The van der Waals surface area contributed by atoms with E-state index in [9.17, 15) is 9.90 Å². The van der Waals surface area contributed by atoms with E-state index in [0.717, 1.165) is 11.1 Å². The third kappa shape index (κ3) is 5.89. The van der Waals surface area contributed by atoms with Gasteiger partial charge >= 0.3 is 0 Å². The summed E-state index contributed by atoms with van der Waals surface area (Å²) in [5.74, 6) is 1.93. The predicted octanol–water partition coefficient (Wildman–Crippen LogP) is 5.25. The summed E-state index contributed by atoms with van der Waals surface area (Å²) < 4.78 is 21.6. The van der Waals surface area contributed by atoms with Crippen molar-refractivity contribution in [3.63, 3.8) is 0 Å². The van der Waals surface area contributed by atoms with Gasteiger partial charge in [0, 0.05) is 11.6 Å². The van der Waals surface area contributed by atoms with Gasteiger partial charge in [0.15, 0.2) is 11.5 Å². The average molecular weight is 462 g/mol. The van der Waals surface area contributed by atoms with Crippen LogP contribution in [0.2, 0.25) is 0 Å². The van der Waals surface area contributed by atoms with Crippen LogP contribution in [0, 0.1) is 0 Å². The van der Waals surface area contributed by atoms with Crippen LogP contribution >= 0.6 is 0 Å². The first-order valence-electron chi connectivity index (χ1n) is 10.4. The van der Waals surface area contributed by atoms with Gasteiger partial charge in [-0.1, -0.05) is 36.4 Å². The quantitative estimate of drug-likeness (QED) is 0.334. The van der Waals surface area contributed by atoms with E-state index in [1.807, 2.05) is 36.4 Å². The highest BCUT2D eigenvalue weighted by Crippen LogP contribution is 2.38. The topological polar surface area (TPSA) is 86.3 Å². The summed E-state index contributed by atoms with van der Waals surface area (Å²) in [6.45, 7) is 0. The number of amides is 1. The van der Waals surface area contributed by atoms with Gasteiger partial charge in [0.2, 0.25) is 11.7 Å². The number of para-hydroxylation sites is 1. The van der Waals surface area contributed by atoms with Crippen LogP contribution in [-0.4, -0.2) is 39.5 Å². The van der Waals surface area contributed by atoms with Gasteiger partial charge in [0.1, 0.15) is 11.5 Å². The minimum absolute atomic E-state index is 0.104. The zero-order chi connectivity index (χ0) is 24.5. The monoisotopic (exact) mass is 461 g/mol. The largest absolute Gasteiger partial charge is 0.507 e. The summed E-state index contributed by atoms with van der Waals surface area (Å²) in [4.78, 5) is 12.4. The summed E-state index contributed by atoms with van der Waals surface area (Å²) in [6.07, 6.45) is 6.72. The zero-order valence-electron chi connectivity index (χ0n) is 19.5. The van der Waals surface area contributed by atoms with Gasteiger partial charge in [-0.3, -0.25) is 4.79 Å². The highest BCUT2D eigenvalue weighted by Gasteiger charge is 2.12. The molecule has 0 aliphatic heterocycles. The number of methoxy groups -OCH3 is 4. The molecule has 0 heterocycles. The van der Waals surface area contributed by atoms with Crippen molar-refractivity contribution >= 4 is 29.8 Å². The van der Waals surface area contributed by atoms with Crippen LogP contribution in [0.4, 0.5) is 5.69 Å². The summed E-state index contributed by atoms with van der Waals surface area (Å²) in [5, 5.41) is 12.6. The Balaban J connectivity index is 1.77. The van der Waals surface area contributed by atoms with Crippen molar-refractivity contribution < 1.29 is 28.8 Å². The Morgan fingerprint density at radius 2 is 1.38 bits per heavy atom. The molecule has 0 spiro atoms. The Kier molecular flexibility index (Phi) is 8.18. The number of hydrogen-bond donors (Lipinski definition) is 2. The smallest absolute Gasteiger partial charge is 0.248 e. The average Bonchev–Trinajstić information content (AvgIpc) is 2.86. The normalized spacial score (nSPS) is 10.9. The Hall–Kier alpha value is -4.39. The van der Waals surface area contributed by atoms with Crippen LogP contribution in [0.1, 0.15) is 16.7 Å². The number of carbonyl (C=O) groups is 1. The van der Waals surface area contributed by atoms with E-state index in [0.29, 0.717) is 34.2 Å². The second-order valence-corrected chi connectivity index (χ2v) is 7.13. The number of benzene rings is 3. The fourth-order valence-electron chi connectivity index (χ4n) is 3.27. The highest BCUT2D eigenvalue weighted by atomic mass is 16.5. The molecule has 176 valence electrons. The molecule has 34 heavy (non-hydrogen) atoms. The van der Waals surface area contributed by atoms with Crippen molar-refractivity contribution in [1.82, 2.24) is 0 Å². The molecule has 0 saturated heterocycles. The molecule has 1 amide bonds. The lowest BCUT2D eigenvalue weighted by Crippen LogP contribution is -2.09. The molecule has 0 saturated carbocycles.